The first-order valence-corrected chi connectivity index (χ1v) is 8.42. The van der Waals surface area contributed by atoms with E-state index in [0.717, 1.165) is 12.1 Å². The minimum absolute atomic E-state index is 0.1000. The van der Waals surface area contributed by atoms with Crippen LogP contribution in [0.4, 0.5) is 11.4 Å². The molecule has 0 bridgehead atoms. The van der Waals surface area contributed by atoms with Crippen molar-refractivity contribution in [3.8, 4) is 0 Å². The second-order valence-corrected chi connectivity index (χ2v) is 6.25. The molecule has 0 aliphatic carbocycles. The summed E-state index contributed by atoms with van der Waals surface area (Å²) in [6, 6.07) is 2.69. The zero-order valence-electron chi connectivity index (χ0n) is 15.0. The number of amides is 2. The molecule has 0 radical (unpaired) electrons. The summed E-state index contributed by atoms with van der Waals surface area (Å²) in [6.07, 6.45) is 0.583. The van der Waals surface area contributed by atoms with Gasteiger partial charge in [0.2, 0.25) is 0 Å². The maximum atomic E-state index is 12.8. The minimum atomic E-state index is -2.09. The number of nitro benzene ring substituents is 2. The summed E-state index contributed by atoms with van der Waals surface area (Å²) in [7, 11) is 0. The van der Waals surface area contributed by atoms with Gasteiger partial charge >= 0.3 is 5.97 Å². The van der Waals surface area contributed by atoms with Gasteiger partial charge in [0.25, 0.3) is 23.2 Å². The molecule has 1 aliphatic rings. The Morgan fingerprint density at radius 2 is 1.82 bits per heavy atom. The average molecular weight is 394 g/mol. The second-order valence-electron chi connectivity index (χ2n) is 6.25. The molecule has 12 nitrogen and oxygen atoms in total. The van der Waals surface area contributed by atoms with Crippen LogP contribution in [-0.2, 0) is 24.8 Å². The van der Waals surface area contributed by atoms with Gasteiger partial charge in [-0.15, -0.1) is 5.06 Å². The number of nitrogens with two attached hydrogens (primary N) is 1. The number of carbonyl (C=O) groups excluding carboxylic acids is 3. The van der Waals surface area contributed by atoms with E-state index in [0.29, 0.717) is 24.0 Å². The number of rotatable bonds is 8. The van der Waals surface area contributed by atoms with Crippen LogP contribution in [0.15, 0.2) is 18.2 Å². The molecule has 1 aliphatic heterocycles. The first-order chi connectivity index (χ1) is 13.1. The summed E-state index contributed by atoms with van der Waals surface area (Å²) in [6.45, 7) is 1.80. The van der Waals surface area contributed by atoms with Gasteiger partial charge in [0.05, 0.1) is 21.5 Å². The number of imide groups is 1. The molecule has 1 unspecified atom stereocenters. The van der Waals surface area contributed by atoms with Gasteiger partial charge in [0.15, 0.2) is 0 Å². The van der Waals surface area contributed by atoms with Gasteiger partial charge < -0.3 is 10.6 Å². The summed E-state index contributed by atoms with van der Waals surface area (Å²) in [5, 5.41) is 22.7. The Balaban J connectivity index is 2.50. The van der Waals surface area contributed by atoms with Crippen molar-refractivity contribution >= 4 is 29.2 Å². The highest BCUT2D eigenvalue weighted by Crippen LogP contribution is 2.36. The van der Waals surface area contributed by atoms with Crippen molar-refractivity contribution in [3.63, 3.8) is 0 Å². The summed E-state index contributed by atoms with van der Waals surface area (Å²) in [5.74, 6) is -2.69. The first kappa shape index (κ1) is 20.9. The van der Waals surface area contributed by atoms with Crippen LogP contribution in [0, 0.1) is 20.2 Å². The zero-order chi connectivity index (χ0) is 21.1. The summed E-state index contributed by atoms with van der Waals surface area (Å²) < 4.78 is 0. The van der Waals surface area contributed by atoms with E-state index in [-0.39, 0.29) is 24.8 Å². The molecule has 1 fully saturated rings. The van der Waals surface area contributed by atoms with E-state index >= 15 is 0 Å². The summed E-state index contributed by atoms with van der Waals surface area (Å²) in [4.78, 5) is 61.7. The van der Waals surface area contributed by atoms with Crippen LogP contribution in [0.25, 0.3) is 0 Å². The van der Waals surface area contributed by atoms with Crippen molar-refractivity contribution in [3.05, 3.63) is 44.0 Å². The number of unbranched alkanes of at least 4 members (excludes halogenated alkanes) is 1. The van der Waals surface area contributed by atoms with Gasteiger partial charge in [0.1, 0.15) is 5.54 Å². The van der Waals surface area contributed by atoms with Crippen LogP contribution >= 0.6 is 0 Å². The predicted molar refractivity (Wildman–Crippen MR) is 92.3 cm³/mol. The van der Waals surface area contributed by atoms with Crippen LogP contribution in [0.1, 0.15) is 44.6 Å². The predicted octanol–water partition coefficient (Wildman–Crippen LogP) is 1.45. The number of benzene rings is 1. The fourth-order valence-electron chi connectivity index (χ4n) is 2.79. The molecule has 0 saturated carbocycles. The fourth-order valence-corrected chi connectivity index (χ4v) is 2.79. The topological polar surface area (TPSA) is 176 Å². The third-order valence-electron chi connectivity index (χ3n) is 4.34. The lowest BCUT2D eigenvalue weighted by atomic mass is 9.84. The van der Waals surface area contributed by atoms with Crippen LogP contribution in [0.2, 0.25) is 0 Å². The van der Waals surface area contributed by atoms with Gasteiger partial charge in [-0.1, -0.05) is 19.8 Å². The van der Waals surface area contributed by atoms with E-state index in [2.05, 4.69) is 0 Å². The molecular weight excluding hydrogens is 376 g/mol. The quantitative estimate of drug-likeness (QED) is 0.388. The number of nitrogens with zero attached hydrogens (tertiary/aromatic N) is 3. The molecule has 1 saturated heterocycles. The largest absolute Gasteiger partial charge is 0.357 e. The van der Waals surface area contributed by atoms with Crippen molar-refractivity contribution in [1.29, 1.82) is 0 Å². The van der Waals surface area contributed by atoms with Crippen molar-refractivity contribution in [2.24, 2.45) is 5.73 Å². The van der Waals surface area contributed by atoms with Gasteiger partial charge in [0, 0.05) is 18.9 Å². The fraction of sp³-hybridized carbons (Fsp3) is 0.438. The molecule has 28 heavy (non-hydrogen) atoms. The number of nitro groups is 2. The van der Waals surface area contributed by atoms with Gasteiger partial charge in [-0.25, -0.2) is 4.79 Å². The Morgan fingerprint density at radius 3 is 2.32 bits per heavy atom. The van der Waals surface area contributed by atoms with Crippen LogP contribution in [-0.4, -0.2) is 32.7 Å². The van der Waals surface area contributed by atoms with Crippen LogP contribution in [0.3, 0.4) is 0 Å². The molecule has 150 valence electrons. The number of non-ortho nitro benzene ring substituents is 1. The normalized spacial score (nSPS) is 16.0. The highest BCUT2D eigenvalue weighted by Gasteiger charge is 2.46. The number of carbonyl (C=O) groups is 3. The average Bonchev–Trinajstić information content (AvgIpc) is 2.97. The van der Waals surface area contributed by atoms with Gasteiger partial charge in [-0.2, -0.15) is 0 Å². The molecule has 0 aromatic heterocycles. The lowest BCUT2D eigenvalue weighted by molar-refractivity contribution is -0.394. The molecule has 1 aromatic rings. The summed E-state index contributed by atoms with van der Waals surface area (Å²) in [5.41, 5.74) is 2.51. The van der Waals surface area contributed by atoms with Crippen molar-refractivity contribution < 1.29 is 29.1 Å². The first-order valence-electron chi connectivity index (χ1n) is 8.42. The highest BCUT2D eigenvalue weighted by molar-refractivity contribution is 6.02. The molecule has 12 heteroatoms. The molecular formula is C16H18N4O8. The van der Waals surface area contributed by atoms with Crippen molar-refractivity contribution in [2.45, 2.75) is 44.6 Å². The second kappa shape index (κ2) is 8.08. The molecule has 0 spiro atoms. The molecule has 2 rings (SSSR count). The van der Waals surface area contributed by atoms with E-state index in [1.54, 1.807) is 6.92 Å². The SMILES string of the molecule is CCCCC(N)(C(=O)ON1C(=O)CCC1=O)c1ccc([N+](=O)[O-])cc1[N+](=O)[O-]. The molecule has 1 aromatic carbocycles. The maximum Gasteiger partial charge on any atom is 0.357 e. The Bertz CT molecular complexity index is 839. The van der Waals surface area contributed by atoms with E-state index < -0.39 is 44.5 Å². The number of hydroxylamine groups is 2. The van der Waals surface area contributed by atoms with E-state index in [1.807, 2.05) is 0 Å². The number of hydrogen-bond donors (Lipinski definition) is 1. The molecule has 2 N–H and O–H groups in total. The van der Waals surface area contributed by atoms with Gasteiger partial charge in [-0.3, -0.25) is 29.8 Å². The van der Waals surface area contributed by atoms with Gasteiger partial charge in [-0.05, 0) is 12.5 Å². The Morgan fingerprint density at radius 1 is 1.21 bits per heavy atom. The Kier molecular flexibility index (Phi) is 6.03. The van der Waals surface area contributed by atoms with Crippen LogP contribution < -0.4 is 5.73 Å². The monoisotopic (exact) mass is 394 g/mol. The van der Waals surface area contributed by atoms with Crippen LogP contribution in [0.5, 0.6) is 0 Å². The zero-order valence-corrected chi connectivity index (χ0v) is 15.0. The van der Waals surface area contributed by atoms with E-state index in [4.69, 9.17) is 10.6 Å². The molecule has 2 amide bonds. The van der Waals surface area contributed by atoms with Crippen molar-refractivity contribution in [2.75, 3.05) is 0 Å². The van der Waals surface area contributed by atoms with E-state index in [9.17, 15) is 34.6 Å². The Hall–Kier alpha value is -3.41. The lowest BCUT2D eigenvalue weighted by Gasteiger charge is -2.28. The highest BCUT2D eigenvalue weighted by atomic mass is 16.7. The number of hydrogen-bond acceptors (Lipinski definition) is 9. The maximum absolute atomic E-state index is 12.8. The third-order valence-corrected chi connectivity index (χ3v) is 4.34. The smallest absolute Gasteiger partial charge is 0.328 e. The molecule has 1 atom stereocenters. The standard InChI is InChI=1S/C16H18N4O8/c1-2-3-8-16(17,15(23)28-18-13(21)6-7-14(18)22)11-5-4-10(19(24)25)9-12(11)20(26)27/h4-5,9H,2-3,6-8,17H2,1H3. The summed E-state index contributed by atoms with van der Waals surface area (Å²) >= 11 is 0. The van der Waals surface area contributed by atoms with Crippen molar-refractivity contribution in [1.82, 2.24) is 5.06 Å². The minimum Gasteiger partial charge on any atom is -0.328 e. The van der Waals surface area contributed by atoms with E-state index in [1.165, 1.54) is 0 Å². The molecule has 1 heterocycles. The third kappa shape index (κ3) is 3.96. The lowest BCUT2D eigenvalue weighted by Crippen LogP contribution is -2.49. The Labute approximate surface area is 158 Å².